The molecule has 0 N–H and O–H groups in total. The van der Waals surface area contributed by atoms with Gasteiger partial charge in [0.05, 0.1) is 22.3 Å². The highest BCUT2D eigenvalue weighted by Gasteiger charge is 2.50. The Hall–Kier alpha value is -8.12. The van der Waals surface area contributed by atoms with E-state index >= 15 is 0 Å². The third-order valence-corrected chi connectivity index (χ3v) is 15.9. The van der Waals surface area contributed by atoms with Crippen molar-refractivity contribution < 1.29 is 52.7 Å². The van der Waals surface area contributed by atoms with Crippen LogP contribution in [0.5, 0.6) is 0 Å². The van der Waals surface area contributed by atoms with E-state index in [-0.39, 0.29) is 50.7 Å². The van der Waals surface area contributed by atoms with Crippen LogP contribution in [0, 0.1) is 39.5 Å². The van der Waals surface area contributed by atoms with Crippen LogP contribution in [-0.4, -0.2) is 0 Å². The van der Waals surface area contributed by atoms with Crippen LogP contribution in [0.4, 0.5) is 52.7 Å². The molecule has 9 aromatic carbocycles. The summed E-state index contributed by atoms with van der Waals surface area (Å²) < 4.78 is 177. The summed E-state index contributed by atoms with van der Waals surface area (Å²) in [7, 11) is 0. The second kappa shape index (κ2) is 16.7. The molecule has 0 heterocycles. The van der Waals surface area contributed by atoms with Crippen LogP contribution in [0.15, 0.2) is 158 Å². The predicted octanol–water partition coefficient (Wildman–Crippen LogP) is 20.6. The van der Waals surface area contributed by atoms with Gasteiger partial charge in [-0.1, -0.05) is 131 Å². The summed E-state index contributed by atoms with van der Waals surface area (Å²) in [5.74, 6) is -0.737. The monoisotopic (exact) mass is 1060 g/mol. The van der Waals surface area contributed by atoms with Gasteiger partial charge in [-0.25, -0.2) is 0 Å². The Morgan fingerprint density at radius 2 is 0.538 bits per heavy atom. The van der Waals surface area contributed by atoms with Gasteiger partial charge in [0, 0.05) is 11.8 Å². The zero-order chi connectivity index (χ0) is 54.9. The molecule has 78 heavy (non-hydrogen) atoms. The zero-order valence-electron chi connectivity index (χ0n) is 41.7. The predicted molar refractivity (Wildman–Crippen MR) is 285 cm³/mol. The maximum Gasteiger partial charge on any atom is 0.416 e. The van der Waals surface area contributed by atoms with E-state index in [1.54, 1.807) is 12.1 Å². The van der Waals surface area contributed by atoms with Gasteiger partial charge in [-0.05, 0) is 198 Å². The topological polar surface area (TPSA) is 0 Å². The highest BCUT2D eigenvalue weighted by atomic mass is 19.4. The summed E-state index contributed by atoms with van der Waals surface area (Å²) in [5.41, 5.74) is 7.65. The lowest BCUT2D eigenvalue weighted by Gasteiger charge is -2.31. The van der Waals surface area contributed by atoms with Crippen molar-refractivity contribution in [3.63, 3.8) is 0 Å². The fourth-order valence-corrected chi connectivity index (χ4v) is 13.2. The number of benzene rings is 9. The summed E-state index contributed by atoms with van der Waals surface area (Å²) >= 11 is 0. The van der Waals surface area contributed by atoms with E-state index in [1.165, 1.54) is 24.3 Å². The molecule has 0 aliphatic heterocycles. The molecule has 0 saturated carbocycles. The fourth-order valence-electron chi connectivity index (χ4n) is 13.2. The second-order valence-electron chi connectivity index (χ2n) is 21.1. The Morgan fingerprint density at radius 3 is 0.846 bits per heavy atom. The third kappa shape index (κ3) is 7.60. The lowest BCUT2D eigenvalue weighted by Crippen LogP contribution is -2.17. The van der Waals surface area contributed by atoms with Gasteiger partial charge >= 0.3 is 24.7 Å². The molecule has 0 fully saturated rings. The maximum atomic E-state index is 14.7. The molecule has 0 saturated heterocycles. The van der Waals surface area contributed by atoms with Crippen LogP contribution < -0.4 is 0 Å². The van der Waals surface area contributed by atoms with Crippen molar-refractivity contribution in [2.45, 2.75) is 52.4 Å². The summed E-state index contributed by atoms with van der Waals surface area (Å²) in [6.07, 6.45) is -12.8. The van der Waals surface area contributed by atoms with Crippen LogP contribution in [0.2, 0.25) is 0 Å². The first-order valence-corrected chi connectivity index (χ1v) is 25.1. The summed E-state index contributed by atoms with van der Waals surface area (Å²) in [6, 6.07) is 32.7. The quantitative estimate of drug-likeness (QED) is 0.122. The number of alkyl halides is 12. The minimum absolute atomic E-state index is 0.00731. The molecule has 388 valence electrons. The van der Waals surface area contributed by atoms with E-state index in [2.05, 4.69) is 88.4 Å². The van der Waals surface area contributed by atoms with Crippen molar-refractivity contribution in [3.05, 3.63) is 225 Å². The van der Waals surface area contributed by atoms with Crippen LogP contribution in [0.25, 0.3) is 99.1 Å². The Kier molecular flexibility index (Phi) is 10.6. The second-order valence-corrected chi connectivity index (χ2v) is 21.1. The first kappa shape index (κ1) is 49.5. The van der Waals surface area contributed by atoms with Crippen LogP contribution in [0.1, 0.15) is 66.8 Å². The van der Waals surface area contributed by atoms with Gasteiger partial charge in [0.2, 0.25) is 0 Å². The van der Waals surface area contributed by atoms with Crippen molar-refractivity contribution in [3.8, 4) is 44.5 Å². The normalized spacial score (nSPS) is 16.8. The molecule has 9 aromatic rings. The van der Waals surface area contributed by atoms with Gasteiger partial charge in [0.1, 0.15) is 0 Å². The minimum atomic E-state index is -5.25. The number of rotatable bonds is 4. The summed E-state index contributed by atoms with van der Waals surface area (Å²) in [6.45, 7) is 8.22. The molecule has 0 amide bonds. The third-order valence-electron chi connectivity index (χ3n) is 15.9. The first-order chi connectivity index (χ1) is 36.8. The van der Waals surface area contributed by atoms with Crippen molar-refractivity contribution in [1.29, 1.82) is 0 Å². The number of hydrogen-bond donors (Lipinski definition) is 0. The van der Waals surface area contributed by atoms with Gasteiger partial charge < -0.3 is 0 Å². The number of halogens is 12. The Labute approximate surface area is 439 Å². The van der Waals surface area contributed by atoms with E-state index < -0.39 is 64.0 Å². The van der Waals surface area contributed by atoms with Crippen molar-refractivity contribution in [2.75, 3.05) is 0 Å². The fraction of sp³-hybridized carbons (Fsp3) is 0.152. The molecule has 0 bridgehead atoms. The number of hydrogen-bond acceptors (Lipinski definition) is 0. The average molecular weight is 1060 g/mol. The molecular formula is C66H40F12. The van der Waals surface area contributed by atoms with E-state index in [4.69, 9.17) is 0 Å². The number of allylic oxidation sites excluding steroid dienone is 8. The largest absolute Gasteiger partial charge is 0.416 e. The van der Waals surface area contributed by atoms with E-state index in [9.17, 15) is 52.7 Å². The van der Waals surface area contributed by atoms with Crippen LogP contribution in [0.3, 0.4) is 0 Å². The Morgan fingerprint density at radius 1 is 0.269 bits per heavy atom. The van der Waals surface area contributed by atoms with Crippen LogP contribution in [-0.2, 0) is 24.7 Å². The molecule has 0 spiro atoms. The molecule has 4 aliphatic rings. The number of aryl methyl sites for hydroxylation is 4. The lowest BCUT2D eigenvalue weighted by atomic mass is 9.72. The molecule has 0 radical (unpaired) electrons. The molecule has 12 heteroatoms. The van der Waals surface area contributed by atoms with Gasteiger partial charge in [0.25, 0.3) is 0 Å². The lowest BCUT2D eigenvalue weighted by molar-refractivity contribution is -0.144. The van der Waals surface area contributed by atoms with Gasteiger partial charge in [-0.3, -0.25) is 0 Å². The maximum absolute atomic E-state index is 14.7. The average Bonchev–Trinajstić information content (AvgIpc) is 2.83. The summed E-state index contributed by atoms with van der Waals surface area (Å²) in [4.78, 5) is 0. The SMILES string of the molecule is Cc1cc(C)cc(-c2c3c(c(-c4cc(C)cc(C)c4)c4ccccc24)C2=CC=C4c5cc6c(-c7cc(C(F)(F)F)cc(C(F)(F)F)c7)c7ccccc7c(-c7cc(C(F)(F)F)cc(C(F)(F)F)c7)c6cc5C5=CC=C3C2C54)c1. The Balaban J connectivity index is 1.15. The van der Waals surface area contributed by atoms with E-state index in [0.29, 0.717) is 35.4 Å². The molecule has 0 unspecified atom stereocenters. The van der Waals surface area contributed by atoms with Gasteiger partial charge in [-0.15, -0.1) is 0 Å². The first-order valence-electron chi connectivity index (χ1n) is 25.1. The summed E-state index contributed by atoms with van der Waals surface area (Å²) in [5, 5.41) is 2.15. The van der Waals surface area contributed by atoms with Crippen molar-refractivity contribution >= 4 is 54.6 Å². The van der Waals surface area contributed by atoms with E-state index in [0.717, 1.165) is 88.7 Å². The number of fused-ring (bicyclic) bond motifs is 9. The highest BCUT2D eigenvalue weighted by Crippen LogP contribution is 2.67. The molecule has 0 atom stereocenters. The van der Waals surface area contributed by atoms with E-state index in [1.807, 2.05) is 24.3 Å². The van der Waals surface area contributed by atoms with Gasteiger partial charge in [0.15, 0.2) is 0 Å². The molecule has 13 rings (SSSR count). The van der Waals surface area contributed by atoms with Gasteiger partial charge in [-0.2, -0.15) is 52.7 Å². The highest BCUT2D eigenvalue weighted by molar-refractivity contribution is 6.25. The molecule has 0 aromatic heterocycles. The molecule has 4 aliphatic carbocycles. The standard InChI is InChI=1S/C66H40F12/c1-31-17-32(2)20-35(19-31)57-45-11-7-8-12-46(45)58(36-21-33(3)18-34(4)22-36)62-50-16-14-48-52-30-54-53(29-51(52)47-13-15-49(61(57)62)60(50)59(47)48)55(37-23-39(63(67,68)69)27-40(24-37)64(70,71)72)43-9-5-6-10-44(43)56(54)38-25-41(65(73,74)75)28-42(26-38)66(76,77)78/h5-30,59-60H,1-4H3. The minimum Gasteiger partial charge on any atom is -0.166 e. The molecular weight excluding hydrogens is 1020 g/mol. The smallest absolute Gasteiger partial charge is 0.166 e. The zero-order valence-corrected chi connectivity index (χ0v) is 41.7. The Bertz CT molecular complexity index is 3920. The van der Waals surface area contributed by atoms with Crippen molar-refractivity contribution in [1.82, 2.24) is 0 Å². The van der Waals surface area contributed by atoms with Crippen molar-refractivity contribution in [2.24, 2.45) is 11.8 Å². The molecule has 0 nitrogen and oxygen atoms in total. The van der Waals surface area contributed by atoms with Crippen LogP contribution >= 0.6 is 0 Å².